The first-order chi connectivity index (χ1) is 17.3. The van der Waals surface area contributed by atoms with Crippen LogP contribution in [0.3, 0.4) is 0 Å². The Morgan fingerprint density at radius 1 is 1.28 bits per heavy atom. The van der Waals surface area contributed by atoms with Crippen LogP contribution in [0.5, 0.6) is 17.2 Å². The van der Waals surface area contributed by atoms with Crippen molar-refractivity contribution in [2.24, 2.45) is 0 Å². The fraction of sp³-hybridized carbons (Fsp3) is 0.375. The van der Waals surface area contributed by atoms with Gasteiger partial charge in [-0.15, -0.1) is 0 Å². The van der Waals surface area contributed by atoms with Crippen molar-refractivity contribution < 1.29 is 37.3 Å². The maximum Gasteiger partial charge on any atom is 0.410 e. The Balaban J connectivity index is 1.43. The number of nitrogens with zero attached hydrogens (tertiary/aromatic N) is 3. The number of hydrogen-bond acceptors (Lipinski definition) is 7. The van der Waals surface area contributed by atoms with E-state index < -0.39 is 18.6 Å². The SMILES string of the molecule is COc1cc(-c2cnc3cc(OCC4CN(C)C(=O)O4)ccn23)cc(OC(F)F)c1C(=O)NC1CC1. The summed E-state index contributed by atoms with van der Waals surface area (Å²) in [6.07, 6.45) is 4.20. The van der Waals surface area contributed by atoms with Gasteiger partial charge in [-0.25, -0.2) is 9.78 Å². The number of aromatic nitrogens is 2. The van der Waals surface area contributed by atoms with Gasteiger partial charge in [0.25, 0.3) is 5.91 Å². The number of fused-ring (bicyclic) bond motifs is 1. The third kappa shape index (κ3) is 4.83. The average Bonchev–Trinajstić information content (AvgIpc) is 3.46. The van der Waals surface area contributed by atoms with Crippen molar-refractivity contribution in [3.8, 4) is 28.5 Å². The Kier molecular flexibility index (Phi) is 6.25. The summed E-state index contributed by atoms with van der Waals surface area (Å²) < 4.78 is 49.2. The summed E-state index contributed by atoms with van der Waals surface area (Å²) in [5, 5.41) is 2.78. The molecule has 5 rings (SSSR count). The Morgan fingerprint density at radius 2 is 2.06 bits per heavy atom. The summed E-state index contributed by atoms with van der Waals surface area (Å²) in [5.74, 6) is -0.192. The molecule has 0 spiro atoms. The van der Waals surface area contributed by atoms with Crippen LogP contribution < -0.4 is 19.5 Å². The molecule has 0 radical (unpaired) electrons. The minimum atomic E-state index is -3.13. The van der Waals surface area contributed by atoms with Gasteiger partial charge in [-0.1, -0.05) is 0 Å². The Bertz CT molecular complexity index is 1310. The molecule has 10 nitrogen and oxygen atoms in total. The summed E-state index contributed by atoms with van der Waals surface area (Å²) >= 11 is 0. The van der Waals surface area contributed by atoms with Gasteiger partial charge in [-0.05, 0) is 31.0 Å². The molecule has 1 atom stereocenters. The summed E-state index contributed by atoms with van der Waals surface area (Å²) in [6, 6.07) is 6.39. The van der Waals surface area contributed by atoms with Crippen LogP contribution in [-0.2, 0) is 4.74 Å². The van der Waals surface area contributed by atoms with Crippen molar-refractivity contribution in [3.05, 3.63) is 42.2 Å². The van der Waals surface area contributed by atoms with Gasteiger partial charge in [-0.2, -0.15) is 8.78 Å². The molecule has 0 bridgehead atoms. The fourth-order valence-electron chi connectivity index (χ4n) is 3.99. The molecule has 1 saturated heterocycles. The smallest absolute Gasteiger partial charge is 0.410 e. The van der Waals surface area contributed by atoms with Gasteiger partial charge in [0.15, 0.2) is 6.10 Å². The molecule has 1 unspecified atom stereocenters. The largest absolute Gasteiger partial charge is 0.496 e. The Labute approximate surface area is 204 Å². The summed E-state index contributed by atoms with van der Waals surface area (Å²) in [6.45, 7) is -2.50. The second-order valence-electron chi connectivity index (χ2n) is 8.61. The highest BCUT2D eigenvalue weighted by molar-refractivity contribution is 6.01. The van der Waals surface area contributed by atoms with E-state index in [1.807, 2.05) is 0 Å². The maximum atomic E-state index is 13.2. The van der Waals surface area contributed by atoms with E-state index in [-0.39, 0.29) is 35.8 Å². The first kappa shape index (κ1) is 23.6. The van der Waals surface area contributed by atoms with E-state index in [0.29, 0.717) is 29.2 Å². The van der Waals surface area contributed by atoms with E-state index in [9.17, 15) is 18.4 Å². The van der Waals surface area contributed by atoms with Crippen LogP contribution in [0.25, 0.3) is 16.9 Å². The van der Waals surface area contributed by atoms with E-state index in [1.54, 1.807) is 42.0 Å². The van der Waals surface area contributed by atoms with Gasteiger partial charge in [0, 0.05) is 30.9 Å². The number of pyridine rings is 1. The van der Waals surface area contributed by atoms with Crippen molar-refractivity contribution in [1.29, 1.82) is 0 Å². The standard InChI is InChI=1S/C24H24F2N4O6/c1-29-11-16(35-24(29)32)12-34-15-5-6-30-17(10-27-20(30)9-15)13-7-18(33-2)21(19(8-13)36-23(25)26)22(31)28-14-3-4-14/h5-10,14,16,23H,3-4,11-12H2,1-2H3,(H,28,31). The van der Waals surface area contributed by atoms with Crippen LogP contribution in [0.15, 0.2) is 36.7 Å². The quantitative estimate of drug-likeness (QED) is 0.479. The second kappa shape index (κ2) is 9.51. The maximum absolute atomic E-state index is 13.2. The number of methoxy groups -OCH3 is 1. The minimum Gasteiger partial charge on any atom is -0.496 e. The van der Waals surface area contributed by atoms with Crippen LogP contribution in [-0.4, -0.2) is 72.4 Å². The number of amides is 2. The minimum absolute atomic E-state index is 0.0260. The normalized spacial score (nSPS) is 17.4. The summed E-state index contributed by atoms with van der Waals surface area (Å²) in [7, 11) is 3.01. The van der Waals surface area contributed by atoms with Crippen molar-refractivity contribution in [2.75, 3.05) is 27.3 Å². The van der Waals surface area contributed by atoms with Crippen LogP contribution >= 0.6 is 0 Å². The number of rotatable bonds is 9. The lowest BCUT2D eigenvalue weighted by molar-refractivity contribution is -0.0502. The molecule has 1 aliphatic carbocycles. The second-order valence-corrected chi connectivity index (χ2v) is 8.61. The highest BCUT2D eigenvalue weighted by atomic mass is 19.3. The monoisotopic (exact) mass is 502 g/mol. The predicted octanol–water partition coefficient (Wildman–Crippen LogP) is 3.33. The van der Waals surface area contributed by atoms with Gasteiger partial charge in [0.05, 0.1) is 25.5 Å². The number of imidazole rings is 1. The molecule has 2 aromatic heterocycles. The third-order valence-electron chi connectivity index (χ3n) is 5.91. The van der Waals surface area contributed by atoms with E-state index >= 15 is 0 Å². The molecule has 2 amide bonds. The topological polar surface area (TPSA) is 104 Å². The predicted molar refractivity (Wildman–Crippen MR) is 123 cm³/mol. The highest BCUT2D eigenvalue weighted by Crippen LogP contribution is 2.37. The molecule has 1 aromatic carbocycles. The number of ether oxygens (including phenoxy) is 4. The van der Waals surface area contributed by atoms with Crippen LogP contribution in [0, 0.1) is 0 Å². The Hall–Kier alpha value is -4.09. The molecule has 1 aliphatic heterocycles. The van der Waals surface area contributed by atoms with Crippen molar-refractivity contribution >= 4 is 17.6 Å². The highest BCUT2D eigenvalue weighted by Gasteiger charge is 2.30. The van der Waals surface area contributed by atoms with Gasteiger partial charge in [0.2, 0.25) is 0 Å². The molecule has 1 N–H and O–H groups in total. The number of halogens is 2. The molecule has 3 aromatic rings. The zero-order valence-electron chi connectivity index (χ0n) is 19.6. The first-order valence-corrected chi connectivity index (χ1v) is 11.3. The van der Waals surface area contributed by atoms with Crippen LogP contribution in [0.1, 0.15) is 23.2 Å². The number of carbonyl (C=O) groups is 2. The van der Waals surface area contributed by atoms with E-state index in [2.05, 4.69) is 10.3 Å². The van der Waals surface area contributed by atoms with E-state index in [0.717, 1.165) is 12.8 Å². The summed E-state index contributed by atoms with van der Waals surface area (Å²) in [5.41, 5.74) is 1.48. The molecule has 190 valence electrons. The molecule has 12 heteroatoms. The van der Waals surface area contributed by atoms with E-state index in [4.69, 9.17) is 18.9 Å². The number of alkyl halides is 2. The third-order valence-corrected chi connectivity index (χ3v) is 5.91. The Morgan fingerprint density at radius 3 is 2.72 bits per heavy atom. The molecule has 1 saturated carbocycles. The fourth-order valence-corrected chi connectivity index (χ4v) is 3.99. The number of cyclic esters (lactones) is 1. The number of carbonyl (C=O) groups excluding carboxylic acids is 2. The van der Waals surface area contributed by atoms with Crippen LogP contribution in [0.2, 0.25) is 0 Å². The number of hydrogen-bond donors (Lipinski definition) is 1. The number of benzene rings is 1. The molecule has 2 fully saturated rings. The molecular weight excluding hydrogens is 478 g/mol. The number of nitrogens with one attached hydrogen (secondary N) is 1. The lowest BCUT2D eigenvalue weighted by Crippen LogP contribution is -2.26. The van der Waals surface area contributed by atoms with Crippen LogP contribution in [0.4, 0.5) is 13.6 Å². The van der Waals surface area contributed by atoms with Gasteiger partial charge in [0.1, 0.15) is 35.1 Å². The summed E-state index contributed by atoms with van der Waals surface area (Å²) in [4.78, 5) is 30.1. The van der Waals surface area contributed by atoms with Gasteiger partial charge >= 0.3 is 12.7 Å². The average molecular weight is 502 g/mol. The zero-order chi connectivity index (χ0) is 25.4. The van der Waals surface area contributed by atoms with E-state index in [1.165, 1.54) is 18.1 Å². The van der Waals surface area contributed by atoms with Gasteiger partial charge < -0.3 is 29.2 Å². The molecule has 3 heterocycles. The van der Waals surface area contributed by atoms with Gasteiger partial charge in [-0.3, -0.25) is 9.20 Å². The number of likely N-dealkylation sites (N-methyl/N-ethyl adjacent to an activating group) is 1. The lowest BCUT2D eigenvalue weighted by Gasteiger charge is -2.16. The van der Waals surface area contributed by atoms with Crippen molar-refractivity contribution in [1.82, 2.24) is 19.6 Å². The molecular formula is C24H24F2N4O6. The molecule has 2 aliphatic rings. The first-order valence-electron chi connectivity index (χ1n) is 11.3. The molecule has 36 heavy (non-hydrogen) atoms. The zero-order valence-corrected chi connectivity index (χ0v) is 19.6. The van der Waals surface area contributed by atoms with Crippen molar-refractivity contribution in [3.63, 3.8) is 0 Å². The lowest BCUT2D eigenvalue weighted by atomic mass is 10.1. The van der Waals surface area contributed by atoms with Crippen molar-refractivity contribution in [2.45, 2.75) is 31.6 Å².